The predicted molar refractivity (Wildman–Crippen MR) is 82.2 cm³/mol. The molecule has 1 aliphatic heterocycles. The highest BCUT2D eigenvalue weighted by Gasteiger charge is 2.34. The van der Waals surface area contributed by atoms with E-state index in [0.717, 1.165) is 19.0 Å². The summed E-state index contributed by atoms with van der Waals surface area (Å²) in [6.45, 7) is 9.36. The van der Waals surface area contributed by atoms with Crippen LogP contribution in [0.3, 0.4) is 0 Å². The van der Waals surface area contributed by atoms with Crippen molar-refractivity contribution in [1.29, 1.82) is 0 Å². The first-order valence-electron chi connectivity index (χ1n) is 7.68. The summed E-state index contributed by atoms with van der Waals surface area (Å²) in [6, 6.07) is 0. The first kappa shape index (κ1) is 16.9. The standard InChI is InChI=1S/C15H30N2O.CH4/c1-14-6-4-8-15(2,9-5-7-14)16-10-12-17(18-3)13-11-16;/h14H,4-13H2,1-3H3;1H4. The molecule has 1 saturated heterocycles. The van der Waals surface area contributed by atoms with Crippen LogP contribution in [0.15, 0.2) is 0 Å². The van der Waals surface area contributed by atoms with Crippen molar-refractivity contribution in [3.05, 3.63) is 0 Å². The molecule has 2 rings (SSSR count). The molecule has 2 fully saturated rings. The van der Waals surface area contributed by atoms with Gasteiger partial charge in [0.2, 0.25) is 0 Å². The predicted octanol–water partition coefficient (Wildman–Crippen LogP) is 3.55. The largest absolute Gasteiger partial charge is 0.302 e. The quantitative estimate of drug-likeness (QED) is 0.763. The van der Waals surface area contributed by atoms with E-state index in [0.29, 0.717) is 5.54 Å². The molecule has 1 heterocycles. The van der Waals surface area contributed by atoms with E-state index in [2.05, 4.69) is 23.8 Å². The zero-order valence-corrected chi connectivity index (χ0v) is 12.5. The summed E-state index contributed by atoms with van der Waals surface area (Å²) in [5.74, 6) is 0.944. The van der Waals surface area contributed by atoms with E-state index in [1.54, 1.807) is 7.11 Å². The lowest BCUT2D eigenvalue weighted by Crippen LogP contribution is -2.55. The summed E-state index contributed by atoms with van der Waals surface area (Å²) in [6.07, 6.45) is 8.42. The van der Waals surface area contributed by atoms with E-state index in [1.165, 1.54) is 51.6 Å². The molecule has 0 N–H and O–H groups in total. The van der Waals surface area contributed by atoms with Gasteiger partial charge in [0.1, 0.15) is 0 Å². The highest BCUT2D eigenvalue weighted by molar-refractivity contribution is 4.89. The first-order valence-corrected chi connectivity index (χ1v) is 7.68. The summed E-state index contributed by atoms with van der Waals surface area (Å²) < 4.78 is 0. The van der Waals surface area contributed by atoms with Gasteiger partial charge in [0.15, 0.2) is 0 Å². The Morgan fingerprint density at radius 2 is 1.53 bits per heavy atom. The maximum absolute atomic E-state index is 5.33. The number of hydrogen-bond acceptors (Lipinski definition) is 3. The van der Waals surface area contributed by atoms with E-state index in [-0.39, 0.29) is 7.43 Å². The maximum Gasteiger partial charge on any atom is 0.0575 e. The van der Waals surface area contributed by atoms with Crippen molar-refractivity contribution in [3.63, 3.8) is 0 Å². The molecule has 0 radical (unpaired) electrons. The Bertz CT molecular complexity index is 239. The minimum Gasteiger partial charge on any atom is -0.302 e. The van der Waals surface area contributed by atoms with Crippen LogP contribution >= 0.6 is 0 Å². The van der Waals surface area contributed by atoms with Gasteiger partial charge in [0, 0.05) is 31.7 Å². The van der Waals surface area contributed by atoms with Gasteiger partial charge < -0.3 is 4.84 Å². The second-order valence-corrected chi connectivity index (χ2v) is 6.49. The molecule has 1 saturated carbocycles. The molecular weight excluding hydrogens is 236 g/mol. The number of piperazine rings is 1. The average molecular weight is 270 g/mol. The third kappa shape index (κ3) is 4.44. The van der Waals surface area contributed by atoms with E-state index < -0.39 is 0 Å². The van der Waals surface area contributed by atoms with Gasteiger partial charge in [-0.2, -0.15) is 5.06 Å². The van der Waals surface area contributed by atoms with Gasteiger partial charge in [-0.3, -0.25) is 4.90 Å². The monoisotopic (exact) mass is 270 g/mol. The summed E-state index contributed by atoms with van der Waals surface area (Å²) in [7, 11) is 1.79. The van der Waals surface area contributed by atoms with Crippen molar-refractivity contribution in [3.8, 4) is 0 Å². The molecule has 0 aromatic heterocycles. The smallest absolute Gasteiger partial charge is 0.0575 e. The fourth-order valence-corrected chi connectivity index (χ4v) is 3.66. The molecule has 0 spiro atoms. The molecule has 3 nitrogen and oxygen atoms in total. The third-order valence-corrected chi connectivity index (χ3v) is 5.08. The zero-order valence-electron chi connectivity index (χ0n) is 12.5. The summed E-state index contributed by atoms with van der Waals surface area (Å²) in [5.41, 5.74) is 0.444. The van der Waals surface area contributed by atoms with Gasteiger partial charge >= 0.3 is 0 Å². The Balaban J connectivity index is 0.00000180. The molecule has 0 amide bonds. The fourth-order valence-electron chi connectivity index (χ4n) is 3.66. The van der Waals surface area contributed by atoms with Crippen molar-refractivity contribution in [2.75, 3.05) is 33.3 Å². The fraction of sp³-hybridized carbons (Fsp3) is 1.00. The van der Waals surface area contributed by atoms with Crippen LogP contribution in [0.5, 0.6) is 0 Å². The minimum atomic E-state index is 0. The van der Waals surface area contributed by atoms with Crippen molar-refractivity contribution in [1.82, 2.24) is 9.96 Å². The van der Waals surface area contributed by atoms with Crippen molar-refractivity contribution in [2.45, 2.75) is 65.3 Å². The molecule has 2 aliphatic rings. The Kier molecular flexibility index (Phi) is 6.78. The Morgan fingerprint density at radius 3 is 2.00 bits per heavy atom. The van der Waals surface area contributed by atoms with E-state index in [4.69, 9.17) is 4.84 Å². The van der Waals surface area contributed by atoms with Crippen LogP contribution in [0.25, 0.3) is 0 Å². The minimum absolute atomic E-state index is 0. The van der Waals surface area contributed by atoms with Crippen molar-refractivity contribution in [2.24, 2.45) is 5.92 Å². The summed E-state index contributed by atoms with van der Waals surface area (Å²) >= 11 is 0. The van der Waals surface area contributed by atoms with Gasteiger partial charge in [-0.15, -0.1) is 0 Å². The molecular formula is C16H34N2O. The van der Waals surface area contributed by atoms with Crippen LogP contribution in [0.1, 0.15) is 59.8 Å². The number of nitrogens with zero attached hydrogens (tertiary/aromatic N) is 2. The van der Waals surface area contributed by atoms with Crippen LogP contribution in [0.4, 0.5) is 0 Å². The summed E-state index contributed by atoms with van der Waals surface area (Å²) in [4.78, 5) is 8.05. The highest BCUT2D eigenvalue weighted by atomic mass is 16.7. The van der Waals surface area contributed by atoms with Gasteiger partial charge in [-0.25, -0.2) is 0 Å². The molecule has 0 aromatic rings. The molecule has 0 aromatic carbocycles. The maximum atomic E-state index is 5.33. The molecule has 1 aliphatic carbocycles. The molecule has 114 valence electrons. The van der Waals surface area contributed by atoms with Crippen LogP contribution in [-0.4, -0.2) is 48.8 Å². The highest BCUT2D eigenvalue weighted by Crippen LogP contribution is 2.33. The topological polar surface area (TPSA) is 15.7 Å². The zero-order chi connectivity index (χ0) is 13.0. The first-order chi connectivity index (χ1) is 8.64. The third-order valence-electron chi connectivity index (χ3n) is 5.08. The second kappa shape index (κ2) is 7.61. The molecule has 3 heteroatoms. The number of hydrogen-bond donors (Lipinski definition) is 0. The van der Waals surface area contributed by atoms with Gasteiger partial charge in [-0.1, -0.05) is 40.0 Å². The van der Waals surface area contributed by atoms with Crippen molar-refractivity contribution >= 4 is 0 Å². The van der Waals surface area contributed by atoms with E-state index in [1.807, 2.05) is 0 Å². The van der Waals surface area contributed by atoms with Crippen LogP contribution < -0.4 is 0 Å². The van der Waals surface area contributed by atoms with Gasteiger partial charge in [-0.05, 0) is 25.7 Å². The lowest BCUT2D eigenvalue weighted by molar-refractivity contribution is -0.161. The second-order valence-electron chi connectivity index (χ2n) is 6.49. The van der Waals surface area contributed by atoms with Gasteiger partial charge in [0.05, 0.1) is 7.11 Å². The van der Waals surface area contributed by atoms with Gasteiger partial charge in [0.25, 0.3) is 0 Å². The lowest BCUT2D eigenvalue weighted by Gasteiger charge is -2.46. The average Bonchev–Trinajstić information content (AvgIpc) is 2.37. The van der Waals surface area contributed by atoms with E-state index in [9.17, 15) is 0 Å². The Labute approximate surface area is 120 Å². The normalized spacial score (nSPS) is 35.2. The number of rotatable bonds is 2. The molecule has 0 bridgehead atoms. The van der Waals surface area contributed by atoms with Crippen LogP contribution in [0, 0.1) is 5.92 Å². The molecule has 0 unspecified atom stereocenters. The van der Waals surface area contributed by atoms with Crippen LogP contribution in [-0.2, 0) is 4.84 Å². The lowest BCUT2D eigenvalue weighted by atomic mass is 9.81. The number of hydroxylamine groups is 2. The Morgan fingerprint density at radius 1 is 1.00 bits per heavy atom. The van der Waals surface area contributed by atoms with E-state index >= 15 is 0 Å². The SMILES string of the molecule is C.CON1CCN(C2(C)CCCC(C)CCC2)CC1. The Hall–Kier alpha value is -0.120. The summed E-state index contributed by atoms with van der Waals surface area (Å²) in [5, 5.41) is 2.09. The van der Waals surface area contributed by atoms with Crippen LogP contribution in [0.2, 0.25) is 0 Å². The van der Waals surface area contributed by atoms with Crippen molar-refractivity contribution < 1.29 is 4.84 Å². The molecule has 0 atom stereocenters. The molecule has 19 heavy (non-hydrogen) atoms.